The third-order valence-electron chi connectivity index (χ3n) is 5.38. The van der Waals surface area contributed by atoms with Gasteiger partial charge in [0.05, 0.1) is 24.4 Å². The van der Waals surface area contributed by atoms with Crippen LogP contribution in [0.4, 0.5) is 4.39 Å². The van der Waals surface area contributed by atoms with E-state index in [-0.39, 0.29) is 23.7 Å². The van der Waals surface area contributed by atoms with E-state index in [9.17, 15) is 19.4 Å². The fourth-order valence-corrected chi connectivity index (χ4v) is 4.91. The van der Waals surface area contributed by atoms with Gasteiger partial charge in [0.2, 0.25) is 0 Å². The van der Waals surface area contributed by atoms with E-state index in [0.29, 0.717) is 41.6 Å². The summed E-state index contributed by atoms with van der Waals surface area (Å²) in [5.41, 5.74) is 1.19. The molecule has 3 unspecified atom stereocenters. The number of aliphatic hydroxyl groups excluding tert-OH is 2. The van der Waals surface area contributed by atoms with Crippen molar-refractivity contribution < 1.29 is 24.1 Å². The Kier molecular flexibility index (Phi) is 7.40. The highest BCUT2D eigenvalue weighted by atomic mass is 35.5. The molecule has 0 spiro atoms. The summed E-state index contributed by atoms with van der Waals surface area (Å²) in [6.45, 7) is 2.76. The van der Waals surface area contributed by atoms with Crippen LogP contribution < -0.4 is 5.32 Å². The van der Waals surface area contributed by atoms with Crippen molar-refractivity contribution in [2.24, 2.45) is 4.99 Å². The SMILES string of the molecule is CCOC(=O)C1=C(CN2CC(O)CC(O)C2)NC(c2nccs2)=NC1c1ccc(F)cc1Cl. The molecular formula is C22H24ClFN4O4S. The van der Waals surface area contributed by atoms with Crippen LogP contribution in [0.5, 0.6) is 0 Å². The number of ether oxygens (including phenoxy) is 1. The van der Waals surface area contributed by atoms with Crippen LogP contribution >= 0.6 is 22.9 Å². The third kappa shape index (κ3) is 5.42. The summed E-state index contributed by atoms with van der Waals surface area (Å²) in [6, 6.07) is 3.09. The van der Waals surface area contributed by atoms with Crippen molar-refractivity contribution in [3.63, 3.8) is 0 Å². The van der Waals surface area contributed by atoms with Gasteiger partial charge in [0, 0.05) is 53.9 Å². The van der Waals surface area contributed by atoms with Gasteiger partial charge in [0.15, 0.2) is 10.8 Å². The minimum Gasteiger partial charge on any atom is -0.463 e. The highest BCUT2D eigenvalue weighted by Gasteiger charge is 2.35. The molecule has 176 valence electrons. The van der Waals surface area contributed by atoms with Crippen molar-refractivity contribution in [3.05, 3.63) is 62.5 Å². The normalized spacial score (nSPS) is 23.8. The van der Waals surface area contributed by atoms with Crippen molar-refractivity contribution >= 4 is 34.7 Å². The number of piperidine rings is 1. The van der Waals surface area contributed by atoms with Gasteiger partial charge in [-0.25, -0.2) is 14.2 Å². The maximum atomic E-state index is 13.8. The van der Waals surface area contributed by atoms with Crippen LogP contribution in [-0.2, 0) is 9.53 Å². The molecule has 1 aromatic carbocycles. The fraction of sp³-hybridized carbons (Fsp3) is 0.409. The van der Waals surface area contributed by atoms with Crippen LogP contribution in [0, 0.1) is 5.82 Å². The van der Waals surface area contributed by atoms with Gasteiger partial charge in [-0.2, -0.15) is 0 Å². The first-order valence-corrected chi connectivity index (χ1v) is 11.8. The maximum absolute atomic E-state index is 13.8. The molecule has 4 rings (SSSR count). The Morgan fingerprint density at radius 2 is 2.12 bits per heavy atom. The number of aliphatic imine (C=N–C) groups is 1. The summed E-state index contributed by atoms with van der Waals surface area (Å²) in [4.78, 5) is 24.0. The summed E-state index contributed by atoms with van der Waals surface area (Å²) < 4.78 is 19.1. The van der Waals surface area contributed by atoms with Crippen LogP contribution in [0.25, 0.3) is 0 Å². The van der Waals surface area contributed by atoms with Gasteiger partial charge in [0.25, 0.3) is 0 Å². The third-order valence-corrected chi connectivity index (χ3v) is 6.48. The number of hydrogen-bond acceptors (Lipinski definition) is 9. The topological polar surface area (TPSA) is 107 Å². The van der Waals surface area contributed by atoms with Gasteiger partial charge in [-0.1, -0.05) is 17.7 Å². The Balaban J connectivity index is 1.81. The summed E-state index contributed by atoms with van der Waals surface area (Å²) in [6.07, 6.45) is 0.579. The number of aliphatic hydroxyl groups is 2. The molecule has 33 heavy (non-hydrogen) atoms. The highest BCUT2D eigenvalue weighted by Crippen LogP contribution is 2.37. The second-order valence-corrected chi connectivity index (χ2v) is 9.16. The predicted molar refractivity (Wildman–Crippen MR) is 123 cm³/mol. The number of carbonyl (C=O) groups is 1. The molecule has 0 amide bonds. The Labute approximate surface area is 199 Å². The van der Waals surface area contributed by atoms with Crippen molar-refractivity contribution in [1.29, 1.82) is 0 Å². The van der Waals surface area contributed by atoms with Gasteiger partial charge in [-0.15, -0.1) is 11.3 Å². The number of benzene rings is 1. The van der Waals surface area contributed by atoms with Crippen LogP contribution in [0.15, 0.2) is 46.0 Å². The molecule has 0 bridgehead atoms. The molecule has 8 nitrogen and oxygen atoms in total. The monoisotopic (exact) mass is 494 g/mol. The molecule has 0 saturated carbocycles. The number of rotatable bonds is 6. The number of thiazole rings is 1. The van der Waals surface area contributed by atoms with Crippen molar-refractivity contribution in [3.8, 4) is 0 Å². The first-order valence-electron chi connectivity index (χ1n) is 10.5. The Morgan fingerprint density at radius 3 is 2.76 bits per heavy atom. The van der Waals surface area contributed by atoms with E-state index in [4.69, 9.17) is 21.3 Å². The molecule has 0 radical (unpaired) electrons. The minimum atomic E-state index is -0.855. The zero-order valence-electron chi connectivity index (χ0n) is 17.9. The summed E-state index contributed by atoms with van der Waals surface area (Å²) >= 11 is 7.74. The fourth-order valence-electron chi connectivity index (χ4n) is 4.05. The molecule has 0 aliphatic carbocycles. The Morgan fingerprint density at radius 1 is 1.36 bits per heavy atom. The first kappa shape index (κ1) is 23.8. The molecule has 2 aliphatic rings. The average molecular weight is 495 g/mol. The van der Waals surface area contributed by atoms with E-state index in [2.05, 4.69) is 10.3 Å². The molecule has 11 heteroatoms. The Bertz CT molecular complexity index is 1070. The lowest BCUT2D eigenvalue weighted by atomic mass is 9.94. The summed E-state index contributed by atoms with van der Waals surface area (Å²) in [5, 5.41) is 26.0. The standard InChI is InChI=1S/C22H24ClFN4O4S/c1-2-32-22(31)18-17(11-28-9-13(29)8-14(30)10-28)26-20(21-25-5-6-33-21)27-19(18)15-4-3-12(24)7-16(15)23/h3-7,13-14,19,29-30H,2,8-11H2,1H3,(H,26,27). The molecule has 1 fully saturated rings. The van der Waals surface area contributed by atoms with Gasteiger partial charge in [-0.3, -0.25) is 9.89 Å². The van der Waals surface area contributed by atoms with Gasteiger partial charge >= 0.3 is 5.97 Å². The second kappa shape index (κ2) is 10.3. The van der Waals surface area contributed by atoms with E-state index in [0.717, 1.165) is 0 Å². The van der Waals surface area contributed by atoms with Crippen molar-refractivity contribution in [2.75, 3.05) is 26.2 Å². The van der Waals surface area contributed by atoms with Crippen LogP contribution in [0.3, 0.4) is 0 Å². The summed E-state index contributed by atoms with van der Waals surface area (Å²) in [5.74, 6) is -0.637. The number of hydrogen-bond donors (Lipinski definition) is 3. The number of aromatic nitrogens is 1. The van der Waals surface area contributed by atoms with Gasteiger partial charge in [0.1, 0.15) is 11.9 Å². The summed E-state index contributed by atoms with van der Waals surface area (Å²) in [7, 11) is 0. The largest absolute Gasteiger partial charge is 0.463 e. The van der Waals surface area contributed by atoms with Gasteiger partial charge < -0.3 is 20.3 Å². The number of likely N-dealkylation sites (tertiary alicyclic amines) is 1. The molecule has 1 aromatic heterocycles. The van der Waals surface area contributed by atoms with E-state index >= 15 is 0 Å². The average Bonchev–Trinajstić information content (AvgIpc) is 3.27. The van der Waals surface area contributed by atoms with E-state index in [1.165, 1.54) is 29.5 Å². The maximum Gasteiger partial charge on any atom is 0.338 e. The lowest BCUT2D eigenvalue weighted by molar-refractivity contribution is -0.139. The predicted octanol–water partition coefficient (Wildman–Crippen LogP) is 2.27. The number of amidine groups is 1. The minimum absolute atomic E-state index is 0.133. The zero-order chi connectivity index (χ0) is 23.5. The molecule has 1 saturated heterocycles. The number of nitrogens with zero attached hydrogens (tertiary/aromatic N) is 3. The number of β-amino-alcohol motifs (C(OH)–C–C–N with tert-alkyl or cyclic N) is 2. The molecule has 2 aromatic rings. The molecule has 3 N–H and O–H groups in total. The lowest BCUT2D eigenvalue weighted by Crippen LogP contribution is -2.48. The van der Waals surface area contributed by atoms with Crippen LogP contribution in [-0.4, -0.2) is 70.4 Å². The van der Waals surface area contributed by atoms with E-state index in [1.807, 2.05) is 4.90 Å². The number of halogens is 2. The molecular weight excluding hydrogens is 471 g/mol. The Hall–Kier alpha value is -2.37. The highest BCUT2D eigenvalue weighted by molar-refractivity contribution is 7.11. The molecule has 2 aliphatic heterocycles. The van der Waals surface area contributed by atoms with E-state index in [1.54, 1.807) is 18.5 Å². The van der Waals surface area contributed by atoms with Crippen LogP contribution in [0.1, 0.15) is 30.0 Å². The number of nitrogens with one attached hydrogen (secondary N) is 1. The smallest absolute Gasteiger partial charge is 0.338 e. The quantitative estimate of drug-likeness (QED) is 0.529. The van der Waals surface area contributed by atoms with Crippen LogP contribution in [0.2, 0.25) is 5.02 Å². The lowest BCUT2D eigenvalue weighted by Gasteiger charge is -2.35. The zero-order valence-corrected chi connectivity index (χ0v) is 19.4. The van der Waals surface area contributed by atoms with Crippen molar-refractivity contribution in [2.45, 2.75) is 31.6 Å². The first-order chi connectivity index (χ1) is 15.9. The number of esters is 1. The second-order valence-electron chi connectivity index (χ2n) is 7.86. The number of carbonyl (C=O) groups excluding carboxylic acids is 1. The van der Waals surface area contributed by atoms with Gasteiger partial charge in [-0.05, 0) is 19.1 Å². The molecule has 3 atom stereocenters. The van der Waals surface area contributed by atoms with E-state index < -0.39 is 30.0 Å². The van der Waals surface area contributed by atoms with Crippen molar-refractivity contribution in [1.82, 2.24) is 15.2 Å². The molecule has 3 heterocycles.